The lowest BCUT2D eigenvalue weighted by atomic mass is 9.76. The third-order valence-electron chi connectivity index (χ3n) is 4.32. The maximum absolute atomic E-state index is 6.52. The Balaban J connectivity index is 1.92. The van der Waals surface area contributed by atoms with Crippen LogP contribution in [0.15, 0.2) is 22.7 Å². The molecule has 0 amide bonds. The van der Waals surface area contributed by atoms with Crippen LogP contribution in [-0.4, -0.2) is 10.1 Å². The fourth-order valence-electron chi connectivity index (χ4n) is 3.20. The van der Waals surface area contributed by atoms with Gasteiger partial charge in [-0.3, -0.25) is 0 Å². The lowest BCUT2D eigenvalue weighted by Gasteiger charge is -2.33. The molecule has 2 unspecified atom stereocenters. The second-order valence-corrected chi connectivity index (χ2v) is 6.68. The van der Waals surface area contributed by atoms with E-state index in [0.717, 1.165) is 30.4 Å². The Morgan fingerprint density at radius 2 is 2.24 bits per heavy atom. The van der Waals surface area contributed by atoms with Gasteiger partial charge in [0, 0.05) is 10.6 Å². The Labute approximate surface area is 129 Å². The zero-order valence-electron chi connectivity index (χ0n) is 12.4. The van der Waals surface area contributed by atoms with Gasteiger partial charge in [-0.15, -0.1) is 0 Å². The van der Waals surface area contributed by atoms with Gasteiger partial charge in [0.05, 0.1) is 5.54 Å². The molecule has 2 N–H and O–H groups in total. The average Bonchev–Trinajstić information content (AvgIpc) is 2.88. The van der Waals surface area contributed by atoms with Crippen molar-refractivity contribution in [2.75, 3.05) is 0 Å². The molecule has 2 atom stereocenters. The standard InChI is InChI=1S/C16H20ClN3O/c1-10-4-3-7-16(18,9-10)15-19-14(21-20-15)13-6-5-12(17)8-11(13)2/h5-6,8,10H,3-4,7,9,18H2,1-2H3. The summed E-state index contributed by atoms with van der Waals surface area (Å²) in [7, 11) is 0. The Morgan fingerprint density at radius 3 is 2.95 bits per heavy atom. The summed E-state index contributed by atoms with van der Waals surface area (Å²) in [5.74, 6) is 1.74. The molecule has 0 bridgehead atoms. The third kappa shape index (κ3) is 2.83. The minimum atomic E-state index is -0.459. The van der Waals surface area contributed by atoms with Gasteiger partial charge in [-0.1, -0.05) is 36.5 Å². The molecule has 1 aliphatic carbocycles. The number of rotatable bonds is 2. The predicted molar refractivity (Wildman–Crippen MR) is 83.0 cm³/mol. The first-order chi connectivity index (χ1) is 9.98. The van der Waals surface area contributed by atoms with Crippen molar-refractivity contribution in [3.05, 3.63) is 34.6 Å². The number of nitrogens with two attached hydrogens (primary N) is 1. The van der Waals surface area contributed by atoms with Crippen LogP contribution in [0.5, 0.6) is 0 Å². The molecule has 112 valence electrons. The number of aryl methyl sites for hydroxylation is 1. The Hall–Kier alpha value is -1.39. The van der Waals surface area contributed by atoms with E-state index < -0.39 is 5.54 Å². The van der Waals surface area contributed by atoms with Crippen LogP contribution in [0.2, 0.25) is 5.02 Å². The quantitative estimate of drug-likeness (QED) is 0.908. The molecule has 1 aromatic heterocycles. The van der Waals surface area contributed by atoms with Gasteiger partial charge in [0.2, 0.25) is 0 Å². The second kappa shape index (κ2) is 5.43. The summed E-state index contributed by atoms with van der Waals surface area (Å²) >= 11 is 5.98. The summed E-state index contributed by atoms with van der Waals surface area (Å²) in [6.45, 7) is 4.21. The molecule has 1 fully saturated rings. The number of aromatic nitrogens is 2. The van der Waals surface area contributed by atoms with Crippen LogP contribution in [0.3, 0.4) is 0 Å². The van der Waals surface area contributed by atoms with Crippen molar-refractivity contribution >= 4 is 11.6 Å². The molecule has 1 heterocycles. The van der Waals surface area contributed by atoms with E-state index in [-0.39, 0.29) is 0 Å². The van der Waals surface area contributed by atoms with E-state index in [2.05, 4.69) is 17.1 Å². The summed E-state index contributed by atoms with van der Waals surface area (Å²) in [6, 6.07) is 5.62. The maximum Gasteiger partial charge on any atom is 0.258 e. The van der Waals surface area contributed by atoms with Crippen molar-refractivity contribution in [3.63, 3.8) is 0 Å². The maximum atomic E-state index is 6.52. The van der Waals surface area contributed by atoms with Gasteiger partial charge in [0.1, 0.15) is 0 Å². The van der Waals surface area contributed by atoms with E-state index in [4.69, 9.17) is 21.9 Å². The van der Waals surface area contributed by atoms with Crippen LogP contribution in [0.4, 0.5) is 0 Å². The molecule has 0 spiro atoms. The van der Waals surface area contributed by atoms with Gasteiger partial charge in [0.25, 0.3) is 5.89 Å². The SMILES string of the molecule is Cc1cc(Cl)ccc1-c1nc(C2(N)CCCC(C)C2)no1. The monoisotopic (exact) mass is 305 g/mol. The van der Waals surface area contributed by atoms with E-state index in [1.165, 1.54) is 6.42 Å². The summed E-state index contributed by atoms with van der Waals surface area (Å²) in [5, 5.41) is 4.84. The molecule has 0 saturated heterocycles. The molecule has 0 aliphatic heterocycles. The topological polar surface area (TPSA) is 64.9 Å². The highest BCUT2D eigenvalue weighted by atomic mass is 35.5. The summed E-state index contributed by atoms with van der Waals surface area (Å²) in [6.07, 6.45) is 4.16. The van der Waals surface area contributed by atoms with Crippen LogP contribution in [-0.2, 0) is 5.54 Å². The van der Waals surface area contributed by atoms with E-state index in [9.17, 15) is 0 Å². The molecular weight excluding hydrogens is 286 g/mol. The molecule has 4 nitrogen and oxygen atoms in total. The minimum Gasteiger partial charge on any atom is -0.334 e. The second-order valence-electron chi connectivity index (χ2n) is 6.24. The molecule has 1 aliphatic rings. The van der Waals surface area contributed by atoms with E-state index in [1.54, 1.807) is 0 Å². The largest absolute Gasteiger partial charge is 0.334 e. The number of nitrogens with zero attached hydrogens (tertiary/aromatic N) is 2. The van der Waals surface area contributed by atoms with Crippen molar-refractivity contribution in [1.29, 1.82) is 0 Å². The third-order valence-corrected chi connectivity index (χ3v) is 4.56. The van der Waals surface area contributed by atoms with Crippen molar-refractivity contribution in [2.45, 2.75) is 45.1 Å². The fourth-order valence-corrected chi connectivity index (χ4v) is 3.42. The molecule has 21 heavy (non-hydrogen) atoms. The molecule has 0 radical (unpaired) electrons. The van der Waals surface area contributed by atoms with Crippen molar-refractivity contribution in [3.8, 4) is 11.5 Å². The summed E-state index contributed by atoms with van der Waals surface area (Å²) in [5.41, 5.74) is 7.98. The molecule has 3 rings (SSSR count). The van der Waals surface area contributed by atoms with Crippen LogP contribution in [0.25, 0.3) is 11.5 Å². The van der Waals surface area contributed by atoms with Gasteiger partial charge in [-0.2, -0.15) is 4.98 Å². The average molecular weight is 306 g/mol. The molecular formula is C16H20ClN3O. The first-order valence-electron chi connectivity index (χ1n) is 7.37. The normalized spacial score (nSPS) is 26.0. The van der Waals surface area contributed by atoms with E-state index in [0.29, 0.717) is 22.7 Å². The highest BCUT2D eigenvalue weighted by Crippen LogP contribution is 2.37. The zero-order valence-corrected chi connectivity index (χ0v) is 13.2. The van der Waals surface area contributed by atoms with Gasteiger partial charge >= 0.3 is 0 Å². The fraction of sp³-hybridized carbons (Fsp3) is 0.500. The highest BCUT2D eigenvalue weighted by molar-refractivity contribution is 6.30. The number of hydrogen-bond donors (Lipinski definition) is 1. The highest BCUT2D eigenvalue weighted by Gasteiger charge is 2.37. The van der Waals surface area contributed by atoms with Gasteiger partial charge in [0.15, 0.2) is 5.82 Å². The number of hydrogen-bond acceptors (Lipinski definition) is 4. The lowest BCUT2D eigenvalue weighted by molar-refractivity contribution is 0.222. The molecule has 1 saturated carbocycles. The predicted octanol–water partition coefficient (Wildman–Crippen LogP) is 4.06. The summed E-state index contributed by atoms with van der Waals surface area (Å²) < 4.78 is 5.44. The number of halogens is 1. The van der Waals surface area contributed by atoms with Gasteiger partial charge < -0.3 is 10.3 Å². The summed E-state index contributed by atoms with van der Waals surface area (Å²) in [4.78, 5) is 4.56. The molecule has 1 aromatic carbocycles. The Morgan fingerprint density at radius 1 is 1.43 bits per heavy atom. The Bertz CT molecular complexity index is 655. The molecule has 5 heteroatoms. The number of benzene rings is 1. The van der Waals surface area contributed by atoms with Crippen molar-refractivity contribution < 1.29 is 4.52 Å². The lowest BCUT2D eigenvalue weighted by Crippen LogP contribution is -2.42. The Kier molecular flexibility index (Phi) is 3.76. The van der Waals surface area contributed by atoms with E-state index >= 15 is 0 Å². The minimum absolute atomic E-state index is 0.459. The van der Waals surface area contributed by atoms with Gasteiger partial charge in [-0.25, -0.2) is 0 Å². The van der Waals surface area contributed by atoms with Crippen LogP contribution >= 0.6 is 11.6 Å². The molecule has 2 aromatic rings. The van der Waals surface area contributed by atoms with Crippen molar-refractivity contribution in [1.82, 2.24) is 10.1 Å². The smallest absolute Gasteiger partial charge is 0.258 e. The van der Waals surface area contributed by atoms with Crippen LogP contribution in [0, 0.1) is 12.8 Å². The first-order valence-corrected chi connectivity index (χ1v) is 7.75. The zero-order chi connectivity index (χ0) is 15.0. The van der Waals surface area contributed by atoms with Gasteiger partial charge in [-0.05, 0) is 49.4 Å². The van der Waals surface area contributed by atoms with E-state index in [1.807, 2.05) is 25.1 Å². The van der Waals surface area contributed by atoms with Crippen LogP contribution < -0.4 is 5.73 Å². The first kappa shape index (κ1) is 14.5. The van der Waals surface area contributed by atoms with Crippen molar-refractivity contribution in [2.24, 2.45) is 11.7 Å². The van der Waals surface area contributed by atoms with Crippen LogP contribution in [0.1, 0.15) is 44.0 Å².